The number of amides is 1. The average molecular weight is 342 g/mol. The van der Waals surface area contributed by atoms with Gasteiger partial charge in [0, 0.05) is 32.6 Å². The maximum Gasteiger partial charge on any atom is 0.335 e. The SMILES string of the molecule is CCC(=O)N1CCN(c2cc(C(=O)O)cc(Br)n2)CC1. The molecule has 1 saturated heterocycles. The van der Waals surface area contributed by atoms with Crippen molar-refractivity contribution < 1.29 is 14.7 Å². The molecule has 1 fully saturated rings. The van der Waals surface area contributed by atoms with Crippen molar-refractivity contribution >= 4 is 33.6 Å². The quantitative estimate of drug-likeness (QED) is 0.845. The second kappa shape index (κ2) is 6.21. The Morgan fingerprint density at radius 3 is 2.50 bits per heavy atom. The molecule has 1 aliphatic heterocycles. The van der Waals surface area contributed by atoms with E-state index in [1.54, 1.807) is 6.07 Å². The predicted octanol–water partition coefficient (Wildman–Crippen LogP) is 1.60. The lowest BCUT2D eigenvalue weighted by Gasteiger charge is -2.35. The molecule has 0 saturated carbocycles. The lowest BCUT2D eigenvalue weighted by atomic mass is 10.2. The zero-order valence-electron chi connectivity index (χ0n) is 11.2. The van der Waals surface area contributed by atoms with Gasteiger partial charge in [-0.3, -0.25) is 4.79 Å². The van der Waals surface area contributed by atoms with E-state index in [1.165, 1.54) is 6.07 Å². The second-order valence-corrected chi connectivity index (χ2v) is 5.38. The lowest BCUT2D eigenvalue weighted by Crippen LogP contribution is -2.48. The van der Waals surface area contributed by atoms with E-state index in [0.29, 0.717) is 43.0 Å². The van der Waals surface area contributed by atoms with E-state index in [-0.39, 0.29) is 11.5 Å². The van der Waals surface area contributed by atoms with E-state index < -0.39 is 5.97 Å². The number of piperazine rings is 1. The van der Waals surface area contributed by atoms with Crippen LogP contribution in [0.2, 0.25) is 0 Å². The number of pyridine rings is 1. The van der Waals surface area contributed by atoms with E-state index in [1.807, 2.05) is 16.7 Å². The molecule has 0 spiro atoms. The van der Waals surface area contributed by atoms with Gasteiger partial charge in [-0.2, -0.15) is 0 Å². The molecule has 20 heavy (non-hydrogen) atoms. The predicted molar refractivity (Wildman–Crippen MR) is 78.0 cm³/mol. The smallest absolute Gasteiger partial charge is 0.335 e. The maximum atomic E-state index is 11.6. The highest BCUT2D eigenvalue weighted by Gasteiger charge is 2.21. The first-order chi connectivity index (χ1) is 9.51. The number of aromatic nitrogens is 1. The summed E-state index contributed by atoms with van der Waals surface area (Å²) in [5, 5.41) is 9.06. The molecule has 108 valence electrons. The first-order valence-corrected chi connectivity index (χ1v) is 7.24. The van der Waals surface area contributed by atoms with Crippen molar-refractivity contribution in [2.24, 2.45) is 0 Å². The Balaban J connectivity index is 2.10. The lowest BCUT2D eigenvalue weighted by molar-refractivity contribution is -0.131. The van der Waals surface area contributed by atoms with Gasteiger partial charge in [-0.05, 0) is 28.1 Å². The summed E-state index contributed by atoms with van der Waals surface area (Å²) in [6.07, 6.45) is 0.512. The number of halogens is 1. The minimum absolute atomic E-state index is 0.151. The van der Waals surface area contributed by atoms with Crippen LogP contribution in [-0.2, 0) is 4.79 Å². The van der Waals surface area contributed by atoms with Crippen molar-refractivity contribution in [2.45, 2.75) is 13.3 Å². The van der Waals surface area contributed by atoms with Gasteiger partial charge < -0.3 is 14.9 Å². The van der Waals surface area contributed by atoms with Crippen molar-refractivity contribution in [2.75, 3.05) is 31.1 Å². The molecule has 2 heterocycles. The van der Waals surface area contributed by atoms with Gasteiger partial charge in [0.25, 0.3) is 0 Å². The Hall–Kier alpha value is -1.63. The molecule has 0 bridgehead atoms. The van der Waals surface area contributed by atoms with E-state index in [0.717, 1.165) is 0 Å². The minimum Gasteiger partial charge on any atom is -0.478 e. The van der Waals surface area contributed by atoms with Gasteiger partial charge in [0.15, 0.2) is 0 Å². The molecular formula is C13H16BrN3O3. The monoisotopic (exact) mass is 341 g/mol. The zero-order valence-corrected chi connectivity index (χ0v) is 12.8. The summed E-state index contributed by atoms with van der Waals surface area (Å²) < 4.78 is 0.500. The number of carbonyl (C=O) groups excluding carboxylic acids is 1. The second-order valence-electron chi connectivity index (χ2n) is 4.56. The third-order valence-electron chi connectivity index (χ3n) is 3.29. The molecule has 0 unspecified atom stereocenters. The molecule has 6 nitrogen and oxygen atoms in total. The topological polar surface area (TPSA) is 73.7 Å². The van der Waals surface area contributed by atoms with Crippen LogP contribution in [0, 0.1) is 0 Å². The van der Waals surface area contributed by atoms with Gasteiger partial charge >= 0.3 is 5.97 Å². The highest BCUT2D eigenvalue weighted by molar-refractivity contribution is 9.10. The Labute approximate surface area is 125 Å². The fourth-order valence-electron chi connectivity index (χ4n) is 2.18. The third kappa shape index (κ3) is 3.27. The Morgan fingerprint density at radius 2 is 1.95 bits per heavy atom. The fourth-order valence-corrected chi connectivity index (χ4v) is 2.61. The average Bonchev–Trinajstić information content (AvgIpc) is 2.46. The van der Waals surface area contributed by atoms with Crippen LogP contribution in [-0.4, -0.2) is 53.0 Å². The van der Waals surface area contributed by atoms with Crippen molar-refractivity contribution in [3.63, 3.8) is 0 Å². The molecule has 1 N–H and O–H groups in total. The number of carbonyl (C=O) groups is 2. The largest absolute Gasteiger partial charge is 0.478 e. The minimum atomic E-state index is -0.978. The van der Waals surface area contributed by atoms with Crippen molar-refractivity contribution in [1.82, 2.24) is 9.88 Å². The highest BCUT2D eigenvalue weighted by Crippen LogP contribution is 2.20. The van der Waals surface area contributed by atoms with E-state index in [9.17, 15) is 9.59 Å². The molecule has 1 aromatic heterocycles. The van der Waals surface area contributed by atoms with Crippen LogP contribution in [0.4, 0.5) is 5.82 Å². The third-order valence-corrected chi connectivity index (χ3v) is 3.69. The normalized spacial score (nSPS) is 15.3. The number of hydrogen-bond donors (Lipinski definition) is 1. The summed E-state index contributed by atoms with van der Waals surface area (Å²) in [5.74, 6) is -0.201. The van der Waals surface area contributed by atoms with Gasteiger partial charge in [0.1, 0.15) is 10.4 Å². The molecule has 2 rings (SSSR count). The van der Waals surface area contributed by atoms with Crippen LogP contribution in [0.3, 0.4) is 0 Å². The Morgan fingerprint density at radius 1 is 1.30 bits per heavy atom. The number of anilines is 1. The van der Waals surface area contributed by atoms with Crippen LogP contribution < -0.4 is 4.90 Å². The van der Waals surface area contributed by atoms with Gasteiger partial charge in [-0.15, -0.1) is 0 Å². The molecule has 7 heteroatoms. The van der Waals surface area contributed by atoms with Crippen LogP contribution >= 0.6 is 15.9 Å². The van der Waals surface area contributed by atoms with Crippen molar-refractivity contribution in [3.8, 4) is 0 Å². The Kier molecular flexibility index (Phi) is 4.59. The number of nitrogens with zero attached hydrogens (tertiary/aromatic N) is 3. The number of carboxylic acids is 1. The summed E-state index contributed by atoms with van der Waals surface area (Å²) in [6.45, 7) is 4.46. The van der Waals surface area contributed by atoms with Gasteiger partial charge in [0.05, 0.1) is 5.56 Å². The van der Waals surface area contributed by atoms with E-state index in [2.05, 4.69) is 20.9 Å². The number of aromatic carboxylic acids is 1. The Bertz CT molecular complexity index is 528. The van der Waals surface area contributed by atoms with E-state index >= 15 is 0 Å². The molecule has 0 aromatic carbocycles. The summed E-state index contributed by atoms with van der Waals surface area (Å²) >= 11 is 3.23. The molecule has 0 atom stereocenters. The van der Waals surface area contributed by atoms with Gasteiger partial charge in [-0.25, -0.2) is 9.78 Å². The van der Waals surface area contributed by atoms with Crippen molar-refractivity contribution in [1.29, 1.82) is 0 Å². The summed E-state index contributed by atoms with van der Waals surface area (Å²) in [7, 11) is 0. The van der Waals surface area contributed by atoms with Gasteiger partial charge in [-0.1, -0.05) is 6.92 Å². The summed E-state index contributed by atoms with van der Waals surface area (Å²) in [4.78, 5) is 30.8. The molecule has 0 aliphatic carbocycles. The molecule has 1 aliphatic rings. The summed E-state index contributed by atoms with van der Waals surface area (Å²) in [6, 6.07) is 3.03. The highest BCUT2D eigenvalue weighted by atomic mass is 79.9. The molecule has 0 radical (unpaired) electrons. The van der Waals surface area contributed by atoms with Crippen molar-refractivity contribution in [3.05, 3.63) is 22.3 Å². The first-order valence-electron chi connectivity index (χ1n) is 6.45. The zero-order chi connectivity index (χ0) is 14.7. The van der Waals surface area contributed by atoms with Crippen LogP contribution in [0.5, 0.6) is 0 Å². The molecule has 1 amide bonds. The van der Waals surface area contributed by atoms with Crippen LogP contribution in [0.1, 0.15) is 23.7 Å². The standard InChI is InChI=1S/C13H16BrN3O3/c1-2-12(18)17-5-3-16(4-6-17)11-8-9(13(19)20)7-10(14)15-11/h7-8H,2-6H2,1H3,(H,19,20). The summed E-state index contributed by atoms with van der Waals surface area (Å²) in [5.41, 5.74) is 0.203. The number of carboxylic acid groups (broad SMARTS) is 1. The number of hydrogen-bond acceptors (Lipinski definition) is 4. The maximum absolute atomic E-state index is 11.6. The van der Waals surface area contributed by atoms with Crippen LogP contribution in [0.15, 0.2) is 16.7 Å². The molecular weight excluding hydrogens is 326 g/mol. The van der Waals surface area contributed by atoms with E-state index in [4.69, 9.17) is 5.11 Å². The van der Waals surface area contributed by atoms with Gasteiger partial charge in [0.2, 0.25) is 5.91 Å². The fraction of sp³-hybridized carbons (Fsp3) is 0.462. The van der Waals surface area contributed by atoms with Crippen LogP contribution in [0.25, 0.3) is 0 Å². The molecule has 1 aromatic rings. The first kappa shape index (κ1) is 14.8. The number of rotatable bonds is 3.